The zero-order valence-electron chi connectivity index (χ0n) is 25.7. The summed E-state index contributed by atoms with van der Waals surface area (Å²) in [5.74, 6) is -1.12. The van der Waals surface area contributed by atoms with Gasteiger partial charge in [0.05, 0.1) is 12.2 Å². The minimum atomic E-state index is -0.840. The lowest BCUT2D eigenvalue weighted by molar-refractivity contribution is -0.139. The molecule has 0 aliphatic carbocycles. The summed E-state index contributed by atoms with van der Waals surface area (Å²) in [5.41, 5.74) is 3.69. The van der Waals surface area contributed by atoms with E-state index in [1.165, 1.54) is 17.4 Å². The SMILES string of the molecule is CCOC(=O)C1=C(CN2CC[C@@H]3C(=O)N(c4ccc(CCC(=O)O)cc4)C[C@@H]3C2)NC(c2nccs2)=N[C@H]1c1cccc(F)c1C. The number of nitrogens with one attached hydrogen (secondary N) is 1. The van der Waals surface area contributed by atoms with E-state index in [0.717, 1.165) is 11.3 Å². The fourth-order valence-electron chi connectivity index (χ4n) is 6.60. The minimum absolute atomic E-state index is 0.0604. The third-order valence-corrected chi connectivity index (χ3v) is 9.72. The molecule has 3 aliphatic heterocycles. The normalized spacial score (nSPS) is 21.5. The Morgan fingerprint density at radius 1 is 1.17 bits per heavy atom. The second-order valence-electron chi connectivity index (χ2n) is 11.8. The van der Waals surface area contributed by atoms with Crippen LogP contribution in [-0.4, -0.2) is 71.5 Å². The Hall–Kier alpha value is -4.42. The van der Waals surface area contributed by atoms with E-state index < -0.39 is 18.0 Å². The molecule has 0 unspecified atom stereocenters. The van der Waals surface area contributed by atoms with Crippen LogP contribution in [0.4, 0.5) is 10.1 Å². The van der Waals surface area contributed by atoms with Crippen LogP contribution in [0.1, 0.15) is 47.5 Å². The Labute approximate surface area is 270 Å². The first-order valence-corrected chi connectivity index (χ1v) is 16.4. The average molecular weight is 646 g/mol. The molecule has 12 heteroatoms. The number of carbonyl (C=O) groups excluding carboxylic acids is 2. The quantitative estimate of drug-likeness (QED) is 0.309. The monoisotopic (exact) mass is 645 g/mol. The molecular formula is C34H36FN5O5S. The second-order valence-corrected chi connectivity index (χ2v) is 12.7. The van der Waals surface area contributed by atoms with E-state index in [9.17, 15) is 18.8 Å². The Kier molecular flexibility index (Phi) is 9.27. The largest absolute Gasteiger partial charge is 0.481 e. The summed E-state index contributed by atoms with van der Waals surface area (Å²) < 4.78 is 20.3. The van der Waals surface area contributed by atoms with Gasteiger partial charge in [-0.1, -0.05) is 24.3 Å². The number of carbonyl (C=O) groups is 3. The van der Waals surface area contributed by atoms with Crippen LogP contribution in [0.5, 0.6) is 0 Å². The van der Waals surface area contributed by atoms with Crippen molar-refractivity contribution >= 4 is 40.7 Å². The summed E-state index contributed by atoms with van der Waals surface area (Å²) in [4.78, 5) is 51.4. The third kappa shape index (κ3) is 6.45. The topological polar surface area (TPSA) is 124 Å². The number of anilines is 1. The number of aryl methyl sites for hydroxylation is 1. The summed E-state index contributed by atoms with van der Waals surface area (Å²) >= 11 is 1.42. The number of rotatable bonds is 10. The maximum Gasteiger partial charge on any atom is 0.338 e. The number of aromatic nitrogens is 1. The fraction of sp³-hybridized carbons (Fsp3) is 0.382. The lowest BCUT2D eigenvalue weighted by Crippen LogP contribution is -2.45. The predicted molar refractivity (Wildman–Crippen MR) is 172 cm³/mol. The van der Waals surface area contributed by atoms with Gasteiger partial charge in [0, 0.05) is 60.9 Å². The number of halogens is 1. The molecule has 46 heavy (non-hydrogen) atoms. The van der Waals surface area contributed by atoms with E-state index >= 15 is 0 Å². The van der Waals surface area contributed by atoms with Gasteiger partial charge < -0.3 is 20.1 Å². The van der Waals surface area contributed by atoms with Crippen molar-refractivity contribution in [3.63, 3.8) is 0 Å². The molecule has 6 rings (SSSR count). The zero-order chi connectivity index (χ0) is 32.4. The molecule has 3 aromatic rings. The van der Waals surface area contributed by atoms with E-state index in [0.29, 0.717) is 72.3 Å². The summed E-state index contributed by atoms with van der Waals surface area (Å²) in [6.07, 6.45) is 2.87. The van der Waals surface area contributed by atoms with E-state index in [-0.39, 0.29) is 36.6 Å². The van der Waals surface area contributed by atoms with Crippen molar-refractivity contribution in [2.45, 2.75) is 39.2 Å². The number of piperidine rings is 1. The molecule has 0 saturated carbocycles. The van der Waals surface area contributed by atoms with Crippen molar-refractivity contribution in [1.82, 2.24) is 15.2 Å². The number of amidine groups is 1. The van der Waals surface area contributed by atoms with Crippen LogP contribution >= 0.6 is 11.3 Å². The Balaban J connectivity index is 1.26. The first-order valence-electron chi connectivity index (χ1n) is 15.5. The third-order valence-electron chi connectivity index (χ3n) is 8.94. The molecule has 1 aromatic heterocycles. The van der Waals surface area contributed by atoms with E-state index in [4.69, 9.17) is 14.8 Å². The summed E-state index contributed by atoms with van der Waals surface area (Å²) in [7, 11) is 0. The van der Waals surface area contributed by atoms with Gasteiger partial charge in [-0.3, -0.25) is 19.5 Å². The van der Waals surface area contributed by atoms with E-state index in [1.807, 2.05) is 34.5 Å². The molecule has 4 heterocycles. The van der Waals surface area contributed by atoms with Crippen molar-refractivity contribution in [1.29, 1.82) is 0 Å². The number of likely N-dealkylation sites (tertiary alicyclic amines) is 1. The second kappa shape index (κ2) is 13.5. The van der Waals surface area contributed by atoms with Crippen molar-refractivity contribution in [3.05, 3.63) is 92.8 Å². The van der Waals surface area contributed by atoms with Gasteiger partial charge in [0.25, 0.3) is 0 Å². The van der Waals surface area contributed by atoms with Gasteiger partial charge in [-0.2, -0.15) is 0 Å². The number of amides is 1. The Bertz CT molecular complexity index is 1690. The van der Waals surface area contributed by atoms with Crippen LogP contribution in [0.3, 0.4) is 0 Å². The summed E-state index contributed by atoms with van der Waals surface area (Å²) in [6.45, 7) is 5.88. The molecule has 240 valence electrons. The standard InChI is InChI=1S/C34H36FN5O5S/c1-3-45-34(44)29-27(37-31(32-36-14-16-46-32)38-30(29)24-5-4-6-26(35)20(24)2)19-39-15-13-25-22(17-39)18-40(33(25)43)23-10-7-21(8-11-23)9-12-28(41)42/h4-8,10-11,14,16,22,25,30H,3,9,12-13,15,17-19H2,1-2H3,(H,37,38)(H,41,42)/t22-,25-,30-/m0/s1. The maximum absolute atomic E-state index is 14.8. The number of ether oxygens (including phenoxy) is 1. The van der Waals surface area contributed by atoms with Gasteiger partial charge in [-0.25, -0.2) is 14.2 Å². The molecule has 1 amide bonds. The molecule has 2 fully saturated rings. The van der Waals surface area contributed by atoms with Crippen LogP contribution in [0.15, 0.2) is 70.3 Å². The molecule has 2 N–H and O–H groups in total. The fourth-order valence-corrected chi connectivity index (χ4v) is 7.19. The maximum atomic E-state index is 14.8. The molecule has 10 nitrogen and oxygen atoms in total. The van der Waals surface area contributed by atoms with E-state index in [2.05, 4.69) is 15.2 Å². The molecule has 2 aromatic carbocycles. The van der Waals surface area contributed by atoms with Gasteiger partial charge in [-0.05, 0) is 68.1 Å². The number of carboxylic acids is 1. The average Bonchev–Trinajstić information content (AvgIpc) is 3.70. The van der Waals surface area contributed by atoms with Gasteiger partial charge in [0.2, 0.25) is 5.91 Å². The molecule has 0 spiro atoms. The minimum Gasteiger partial charge on any atom is -0.481 e. The van der Waals surface area contributed by atoms with Crippen LogP contribution < -0.4 is 10.2 Å². The molecule has 2 saturated heterocycles. The first kappa shape index (κ1) is 31.6. The van der Waals surface area contributed by atoms with Gasteiger partial charge in [0.1, 0.15) is 11.9 Å². The molecule has 3 aliphatic rings. The number of hydrogen-bond acceptors (Lipinski definition) is 9. The Morgan fingerprint density at radius 2 is 1.98 bits per heavy atom. The summed E-state index contributed by atoms with van der Waals surface area (Å²) in [6, 6.07) is 11.6. The predicted octanol–water partition coefficient (Wildman–Crippen LogP) is 4.50. The van der Waals surface area contributed by atoms with Crippen LogP contribution in [0.2, 0.25) is 0 Å². The smallest absolute Gasteiger partial charge is 0.338 e. The van der Waals surface area contributed by atoms with Crippen molar-refractivity contribution in [3.8, 4) is 0 Å². The first-order chi connectivity index (χ1) is 22.2. The number of nitrogens with zero attached hydrogens (tertiary/aromatic N) is 4. The highest BCUT2D eigenvalue weighted by Gasteiger charge is 2.44. The van der Waals surface area contributed by atoms with Crippen LogP contribution in [-0.2, 0) is 25.5 Å². The number of thiazole rings is 1. The number of hydrogen-bond donors (Lipinski definition) is 2. The van der Waals surface area contributed by atoms with Crippen LogP contribution in [0.25, 0.3) is 0 Å². The van der Waals surface area contributed by atoms with Crippen LogP contribution in [0, 0.1) is 24.6 Å². The van der Waals surface area contributed by atoms with Gasteiger partial charge in [-0.15, -0.1) is 11.3 Å². The number of aliphatic imine (C=N–C) groups is 1. The number of benzene rings is 2. The number of carboxylic acid groups (broad SMARTS) is 1. The summed E-state index contributed by atoms with van der Waals surface area (Å²) in [5, 5.41) is 14.9. The van der Waals surface area contributed by atoms with E-state index in [1.54, 1.807) is 32.2 Å². The number of aliphatic carboxylic acids is 1. The highest BCUT2D eigenvalue weighted by atomic mass is 32.1. The lowest BCUT2D eigenvalue weighted by Gasteiger charge is -2.36. The Morgan fingerprint density at radius 3 is 2.70 bits per heavy atom. The van der Waals surface area contributed by atoms with Crippen molar-refractivity contribution in [2.75, 3.05) is 37.7 Å². The highest BCUT2D eigenvalue weighted by molar-refractivity contribution is 7.11. The number of esters is 1. The molecular weight excluding hydrogens is 609 g/mol. The molecule has 0 bridgehead atoms. The van der Waals surface area contributed by atoms with Gasteiger partial charge in [0.15, 0.2) is 10.8 Å². The molecule has 3 atom stereocenters. The van der Waals surface area contributed by atoms with Crippen molar-refractivity contribution in [2.24, 2.45) is 16.8 Å². The van der Waals surface area contributed by atoms with Gasteiger partial charge >= 0.3 is 11.9 Å². The van der Waals surface area contributed by atoms with Crippen molar-refractivity contribution < 1.29 is 28.6 Å². The highest BCUT2D eigenvalue weighted by Crippen LogP contribution is 2.38. The zero-order valence-corrected chi connectivity index (χ0v) is 26.6. The number of fused-ring (bicyclic) bond motifs is 1. The lowest BCUT2D eigenvalue weighted by atomic mass is 9.87. The molecule has 0 radical (unpaired) electrons.